The Balaban J connectivity index is 0.00000256. The van der Waals surface area contributed by atoms with Gasteiger partial charge in [0.05, 0.1) is 13.2 Å². The van der Waals surface area contributed by atoms with Crippen molar-refractivity contribution in [3.63, 3.8) is 0 Å². The summed E-state index contributed by atoms with van der Waals surface area (Å²) in [5.74, 6) is 1.83. The van der Waals surface area contributed by atoms with Crippen molar-refractivity contribution in [1.82, 2.24) is 20.1 Å². The van der Waals surface area contributed by atoms with Gasteiger partial charge in [-0.25, -0.2) is 0 Å². The number of nitrogens with one attached hydrogen (secondary N) is 2. The molecule has 0 bridgehead atoms. The van der Waals surface area contributed by atoms with Crippen molar-refractivity contribution in [3.05, 3.63) is 36.0 Å². The number of H-pyrrole nitrogens is 1. The molecular formula is C23H36IN5O. The summed E-state index contributed by atoms with van der Waals surface area (Å²) in [4.78, 5) is 13.3. The first kappa shape index (κ1) is 23.3. The van der Waals surface area contributed by atoms with Crippen molar-refractivity contribution < 1.29 is 4.74 Å². The number of nitrogens with zero attached hydrogens (tertiary/aromatic N) is 3. The Morgan fingerprint density at radius 1 is 1.23 bits per heavy atom. The lowest BCUT2D eigenvalue weighted by molar-refractivity contribution is 0.0315. The fourth-order valence-electron chi connectivity index (χ4n) is 4.54. The molecule has 0 amide bonds. The Morgan fingerprint density at radius 2 is 2.07 bits per heavy atom. The van der Waals surface area contributed by atoms with Gasteiger partial charge in [0.15, 0.2) is 5.96 Å². The molecule has 166 valence electrons. The molecule has 0 aliphatic carbocycles. The normalized spacial score (nSPS) is 20.5. The number of ether oxygens (including phenoxy) is 1. The topological polar surface area (TPSA) is 55.9 Å². The van der Waals surface area contributed by atoms with Crippen LogP contribution in [0.2, 0.25) is 0 Å². The zero-order valence-corrected chi connectivity index (χ0v) is 20.4. The third-order valence-electron chi connectivity index (χ3n) is 6.08. The fraction of sp³-hybridized carbons (Fsp3) is 0.609. The second kappa shape index (κ2) is 11.9. The lowest BCUT2D eigenvalue weighted by Crippen LogP contribution is -2.42. The molecule has 6 nitrogen and oxygen atoms in total. The molecule has 0 radical (unpaired) electrons. The monoisotopic (exact) mass is 525 g/mol. The molecule has 0 spiro atoms. The first-order valence-electron chi connectivity index (χ1n) is 11.2. The highest BCUT2D eigenvalue weighted by molar-refractivity contribution is 14.0. The Kier molecular flexibility index (Phi) is 9.27. The van der Waals surface area contributed by atoms with Gasteiger partial charge in [0.25, 0.3) is 0 Å². The van der Waals surface area contributed by atoms with Crippen LogP contribution in [0, 0.1) is 5.92 Å². The number of aryl methyl sites for hydroxylation is 1. The number of hydrogen-bond donors (Lipinski definition) is 2. The third-order valence-corrected chi connectivity index (χ3v) is 6.08. The molecule has 0 saturated carbocycles. The quantitative estimate of drug-likeness (QED) is 0.252. The van der Waals surface area contributed by atoms with Gasteiger partial charge in [-0.15, -0.1) is 24.0 Å². The van der Waals surface area contributed by atoms with Crippen LogP contribution in [-0.2, 0) is 11.2 Å². The van der Waals surface area contributed by atoms with Gasteiger partial charge in [-0.05, 0) is 43.7 Å². The Labute approximate surface area is 197 Å². The number of fused-ring (bicyclic) bond motifs is 1. The molecule has 30 heavy (non-hydrogen) atoms. The standard InChI is InChI=1S/C23H35N5O.HI/c1-2-24-23(28-11-9-19(18-28)17-27-12-14-29-15-13-27)25-10-5-6-20-16-26-22-8-4-3-7-21(20)22;/h3-4,7-8,16,19,26H,2,5-6,9-15,17-18H2,1H3,(H,24,25);1H. The molecule has 3 heterocycles. The Hall–Kier alpha value is -1.32. The average molecular weight is 525 g/mol. The third kappa shape index (κ3) is 6.11. The minimum Gasteiger partial charge on any atom is -0.379 e. The molecule has 2 N–H and O–H groups in total. The summed E-state index contributed by atoms with van der Waals surface area (Å²) in [7, 11) is 0. The van der Waals surface area contributed by atoms with E-state index in [1.165, 1.54) is 29.4 Å². The van der Waals surface area contributed by atoms with E-state index in [1.807, 2.05) is 0 Å². The summed E-state index contributed by atoms with van der Waals surface area (Å²) in [6, 6.07) is 8.54. The van der Waals surface area contributed by atoms with E-state index >= 15 is 0 Å². The number of benzene rings is 1. The minimum absolute atomic E-state index is 0. The molecular weight excluding hydrogens is 489 g/mol. The maximum Gasteiger partial charge on any atom is 0.193 e. The molecule has 1 unspecified atom stereocenters. The predicted octanol–water partition coefficient (Wildman–Crippen LogP) is 3.34. The van der Waals surface area contributed by atoms with E-state index in [-0.39, 0.29) is 24.0 Å². The van der Waals surface area contributed by atoms with Gasteiger partial charge in [0.2, 0.25) is 0 Å². The van der Waals surface area contributed by atoms with E-state index in [1.54, 1.807) is 0 Å². The zero-order chi connectivity index (χ0) is 19.9. The minimum atomic E-state index is 0. The lowest BCUT2D eigenvalue weighted by Gasteiger charge is -2.29. The summed E-state index contributed by atoms with van der Waals surface area (Å²) in [6.45, 7) is 11.3. The number of morpholine rings is 1. The van der Waals surface area contributed by atoms with Crippen LogP contribution >= 0.6 is 24.0 Å². The van der Waals surface area contributed by atoms with Crippen LogP contribution in [0.4, 0.5) is 0 Å². The van der Waals surface area contributed by atoms with Crippen LogP contribution in [0.15, 0.2) is 35.5 Å². The molecule has 7 heteroatoms. The maximum absolute atomic E-state index is 5.48. The van der Waals surface area contributed by atoms with E-state index in [4.69, 9.17) is 9.73 Å². The number of aromatic amines is 1. The van der Waals surface area contributed by atoms with Crippen LogP contribution in [0.3, 0.4) is 0 Å². The summed E-state index contributed by atoms with van der Waals surface area (Å²) in [5, 5.41) is 4.85. The second-order valence-corrected chi connectivity index (χ2v) is 8.21. The number of likely N-dealkylation sites (tertiary alicyclic amines) is 1. The number of halogens is 1. The van der Waals surface area contributed by atoms with Crippen LogP contribution in [-0.4, -0.2) is 79.8 Å². The van der Waals surface area contributed by atoms with Crippen molar-refractivity contribution in [2.75, 3.05) is 59.0 Å². The Bertz CT molecular complexity index is 802. The maximum atomic E-state index is 5.48. The van der Waals surface area contributed by atoms with Crippen molar-refractivity contribution in [2.24, 2.45) is 10.9 Å². The largest absolute Gasteiger partial charge is 0.379 e. The molecule has 1 atom stereocenters. The summed E-state index contributed by atoms with van der Waals surface area (Å²) < 4.78 is 5.48. The smallest absolute Gasteiger partial charge is 0.193 e. The lowest BCUT2D eigenvalue weighted by atomic mass is 10.1. The Morgan fingerprint density at radius 3 is 2.90 bits per heavy atom. The van der Waals surface area contributed by atoms with Gasteiger partial charge >= 0.3 is 0 Å². The number of hydrogen-bond acceptors (Lipinski definition) is 3. The van der Waals surface area contributed by atoms with Crippen LogP contribution in [0.25, 0.3) is 10.9 Å². The molecule has 1 aromatic heterocycles. The van der Waals surface area contributed by atoms with Crippen molar-refractivity contribution in [3.8, 4) is 0 Å². The van der Waals surface area contributed by atoms with Crippen LogP contribution in [0.1, 0.15) is 25.3 Å². The SMILES string of the molecule is CCNC(=NCCCc1c[nH]c2ccccc12)N1CCC(CN2CCOCC2)C1.I. The first-order chi connectivity index (χ1) is 14.3. The fourth-order valence-corrected chi connectivity index (χ4v) is 4.54. The molecule has 1 aromatic carbocycles. The molecule has 4 rings (SSSR count). The van der Waals surface area contributed by atoms with E-state index in [0.717, 1.165) is 77.2 Å². The average Bonchev–Trinajstić information content (AvgIpc) is 3.38. The van der Waals surface area contributed by atoms with Crippen LogP contribution < -0.4 is 5.32 Å². The highest BCUT2D eigenvalue weighted by atomic mass is 127. The summed E-state index contributed by atoms with van der Waals surface area (Å²) >= 11 is 0. The van der Waals surface area contributed by atoms with Crippen molar-refractivity contribution >= 4 is 40.8 Å². The van der Waals surface area contributed by atoms with Crippen molar-refractivity contribution in [2.45, 2.75) is 26.2 Å². The molecule has 2 aliphatic rings. The summed E-state index contributed by atoms with van der Waals surface area (Å²) in [6.07, 6.45) is 5.54. The highest BCUT2D eigenvalue weighted by Crippen LogP contribution is 2.20. The number of aromatic nitrogens is 1. The van der Waals surface area contributed by atoms with E-state index in [0.29, 0.717) is 0 Å². The molecule has 2 aromatic rings. The second-order valence-electron chi connectivity index (χ2n) is 8.21. The highest BCUT2D eigenvalue weighted by Gasteiger charge is 2.27. The number of para-hydroxylation sites is 1. The van der Waals surface area contributed by atoms with Gasteiger partial charge in [-0.1, -0.05) is 18.2 Å². The zero-order valence-electron chi connectivity index (χ0n) is 18.1. The number of guanidine groups is 1. The first-order valence-corrected chi connectivity index (χ1v) is 11.2. The van der Waals surface area contributed by atoms with E-state index < -0.39 is 0 Å². The van der Waals surface area contributed by atoms with Gasteiger partial charge in [0.1, 0.15) is 0 Å². The van der Waals surface area contributed by atoms with Gasteiger partial charge in [0, 0.05) is 62.9 Å². The van der Waals surface area contributed by atoms with E-state index in [9.17, 15) is 0 Å². The predicted molar refractivity (Wildman–Crippen MR) is 135 cm³/mol. The van der Waals surface area contributed by atoms with E-state index in [2.05, 4.69) is 57.5 Å². The molecule has 2 saturated heterocycles. The number of rotatable bonds is 7. The number of aliphatic imine (C=N–C) groups is 1. The molecule has 2 aliphatic heterocycles. The van der Waals surface area contributed by atoms with Crippen LogP contribution in [0.5, 0.6) is 0 Å². The van der Waals surface area contributed by atoms with Gasteiger partial charge in [-0.3, -0.25) is 9.89 Å². The van der Waals surface area contributed by atoms with Gasteiger partial charge < -0.3 is 19.9 Å². The summed E-state index contributed by atoms with van der Waals surface area (Å²) in [5.41, 5.74) is 2.62. The van der Waals surface area contributed by atoms with Gasteiger partial charge in [-0.2, -0.15) is 0 Å². The van der Waals surface area contributed by atoms with Crippen molar-refractivity contribution in [1.29, 1.82) is 0 Å². The molecule has 2 fully saturated rings.